The summed E-state index contributed by atoms with van der Waals surface area (Å²) in [6.45, 7) is 1.56. The van der Waals surface area contributed by atoms with Crippen LogP contribution in [0.4, 0.5) is 5.69 Å². The number of carbonyl (C=O) groups excluding carboxylic acids is 1. The second-order valence-electron chi connectivity index (χ2n) is 6.18. The van der Waals surface area contributed by atoms with Gasteiger partial charge < -0.3 is 15.7 Å². The molecule has 1 aromatic rings. The Balaban J connectivity index is 1.65. The van der Waals surface area contributed by atoms with E-state index in [1.165, 1.54) is 0 Å². The van der Waals surface area contributed by atoms with E-state index < -0.39 is 0 Å². The van der Waals surface area contributed by atoms with Crippen LogP contribution in [-0.2, 0) is 6.42 Å². The first-order valence-corrected chi connectivity index (χ1v) is 8.08. The van der Waals surface area contributed by atoms with E-state index in [-0.39, 0.29) is 17.9 Å². The summed E-state index contributed by atoms with van der Waals surface area (Å²) in [6.07, 6.45) is 5.90. The third kappa shape index (κ3) is 3.21. The first-order chi connectivity index (χ1) is 10.3. The molecule has 3 N–H and O–H groups in total. The van der Waals surface area contributed by atoms with E-state index in [4.69, 9.17) is 0 Å². The first-order valence-electron chi connectivity index (χ1n) is 8.08. The van der Waals surface area contributed by atoms with Crippen molar-refractivity contribution in [1.82, 2.24) is 5.32 Å². The van der Waals surface area contributed by atoms with Crippen molar-refractivity contribution in [1.29, 1.82) is 0 Å². The zero-order chi connectivity index (χ0) is 14.7. The van der Waals surface area contributed by atoms with Gasteiger partial charge in [-0.1, -0.05) is 18.9 Å². The molecule has 1 heterocycles. The lowest BCUT2D eigenvalue weighted by Gasteiger charge is -2.28. The third-order valence-electron chi connectivity index (χ3n) is 4.73. The van der Waals surface area contributed by atoms with Crippen molar-refractivity contribution in [3.05, 3.63) is 29.3 Å². The molecule has 114 valence electrons. The van der Waals surface area contributed by atoms with Crippen LogP contribution in [0.3, 0.4) is 0 Å². The molecule has 2 unspecified atom stereocenters. The van der Waals surface area contributed by atoms with Crippen molar-refractivity contribution in [2.45, 2.75) is 44.6 Å². The molecule has 0 saturated heterocycles. The van der Waals surface area contributed by atoms with E-state index in [9.17, 15) is 9.90 Å². The van der Waals surface area contributed by atoms with Crippen LogP contribution in [0.1, 0.15) is 48.0 Å². The average Bonchev–Trinajstić information content (AvgIpc) is 2.53. The SMILES string of the molecule is O=C(NCC1CCCCC1O)c1cccc2c1CCCN2. The minimum absolute atomic E-state index is 0.00618. The van der Waals surface area contributed by atoms with Gasteiger partial charge in [-0.25, -0.2) is 0 Å². The molecule has 4 heteroatoms. The predicted octanol–water partition coefficient (Wildman–Crippen LogP) is 2.33. The van der Waals surface area contributed by atoms with Crippen LogP contribution < -0.4 is 10.6 Å². The number of fused-ring (bicyclic) bond motifs is 1. The molecule has 2 atom stereocenters. The molecule has 1 aliphatic carbocycles. The van der Waals surface area contributed by atoms with E-state index >= 15 is 0 Å². The summed E-state index contributed by atoms with van der Waals surface area (Å²) in [4.78, 5) is 12.4. The first kappa shape index (κ1) is 14.4. The molecule has 21 heavy (non-hydrogen) atoms. The highest BCUT2D eigenvalue weighted by atomic mass is 16.3. The number of benzene rings is 1. The molecule has 1 fully saturated rings. The van der Waals surface area contributed by atoms with E-state index in [0.29, 0.717) is 6.54 Å². The molecule has 0 bridgehead atoms. The summed E-state index contributed by atoms with van der Waals surface area (Å²) >= 11 is 0. The Hall–Kier alpha value is -1.55. The average molecular weight is 288 g/mol. The van der Waals surface area contributed by atoms with Gasteiger partial charge in [-0.15, -0.1) is 0 Å². The van der Waals surface area contributed by atoms with Gasteiger partial charge in [0.25, 0.3) is 5.91 Å². The summed E-state index contributed by atoms with van der Waals surface area (Å²) in [6, 6.07) is 5.87. The van der Waals surface area contributed by atoms with Gasteiger partial charge in [0.2, 0.25) is 0 Å². The molecular weight excluding hydrogens is 264 g/mol. The Morgan fingerprint density at radius 3 is 3.00 bits per heavy atom. The molecule has 0 aromatic heterocycles. The third-order valence-corrected chi connectivity index (χ3v) is 4.73. The standard InChI is InChI=1S/C17H24N2O2/c20-16-9-2-1-5-12(16)11-19-17(21)14-6-3-8-15-13(14)7-4-10-18-15/h3,6,8,12,16,18,20H,1-2,4-5,7,9-11H2,(H,19,21). The van der Waals surface area contributed by atoms with Gasteiger partial charge in [0.05, 0.1) is 6.10 Å². The maximum atomic E-state index is 12.4. The number of aliphatic hydroxyl groups excluding tert-OH is 1. The van der Waals surface area contributed by atoms with Gasteiger partial charge >= 0.3 is 0 Å². The molecule has 3 rings (SSSR count). The highest BCUT2D eigenvalue weighted by molar-refractivity contribution is 5.97. The highest BCUT2D eigenvalue weighted by Crippen LogP contribution is 2.26. The summed E-state index contributed by atoms with van der Waals surface area (Å²) in [5, 5.41) is 16.4. The molecular formula is C17H24N2O2. The van der Waals surface area contributed by atoms with Crippen LogP contribution >= 0.6 is 0 Å². The van der Waals surface area contributed by atoms with Gasteiger partial charge in [-0.05, 0) is 43.4 Å². The van der Waals surface area contributed by atoms with Crippen LogP contribution in [0.25, 0.3) is 0 Å². The van der Waals surface area contributed by atoms with Crippen molar-refractivity contribution in [2.24, 2.45) is 5.92 Å². The number of carbonyl (C=O) groups is 1. The molecule has 1 aliphatic heterocycles. The molecule has 1 saturated carbocycles. The molecule has 1 aromatic carbocycles. The summed E-state index contributed by atoms with van der Waals surface area (Å²) in [5.74, 6) is 0.202. The minimum Gasteiger partial charge on any atom is -0.393 e. The monoisotopic (exact) mass is 288 g/mol. The highest BCUT2D eigenvalue weighted by Gasteiger charge is 2.24. The lowest BCUT2D eigenvalue weighted by Crippen LogP contribution is -2.37. The van der Waals surface area contributed by atoms with Crippen molar-refractivity contribution in [3.63, 3.8) is 0 Å². The zero-order valence-corrected chi connectivity index (χ0v) is 12.4. The van der Waals surface area contributed by atoms with Crippen LogP contribution in [0, 0.1) is 5.92 Å². The number of amides is 1. The predicted molar refractivity (Wildman–Crippen MR) is 83.6 cm³/mol. The van der Waals surface area contributed by atoms with E-state index in [0.717, 1.165) is 61.9 Å². The fourth-order valence-corrected chi connectivity index (χ4v) is 3.47. The van der Waals surface area contributed by atoms with Gasteiger partial charge in [0.1, 0.15) is 0 Å². The molecule has 1 amide bonds. The van der Waals surface area contributed by atoms with Gasteiger partial charge in [-0.2, -0.15) is 0 Å². The number of rotatable bonds is 3. The number of hydrogen-bond donors (Lipinski definition) is 3. The molecule has 4 nitrogen and oxygen atoms in total. The normalized spacial score (nSPS) is 24.8. The Morgan fingerprint density at radius 2 is 2.14 bits per heavy atom. The van der Waals surface area contributed by atoms with Gasteiger partial charge in [-0.3, -0.25) is 4.79 Å². The van der Waals surface area contributed by atoms with Crippen molar-refractivity contribution < 1.29 is 9.90 Å². The molecule has 0 spiro atoms. The Morgan fingerprint density at radius 1 is 1.29 bits per heavy atom. The number of hydrogen-bond acceptors (Lipinski definition) is 3. The lowest BCUT2D eigenvalue weighted by molar-refractivity contribution is 0.0662. The smallest absolute Gasteiger partial charge is 0.251 e. The molecule has 0 radical (unpaired) electrons. The van der Waals surface area contributed by atoms with Crippen molar-refractivity contribution in [2.75, 3.05) is 18.4 Å². The quantitative estimate of drug-likeness (QED) is 0.800. The molecule has 2 aliphatic rings. The van der Waals surface area contributed by atoms with Gasteiger partial charge in [0.15, 0.2) is 0 Å². The maximum Gasteiger partial charge on any atom is 0.251 e. The van der Waals surface area contributed by atoms with E-state index in [1.807, 2.05) is 18.2 Å². The van der Waals surface area contributed by atoms with Crippen molar-refractivity contribution in [3.8, 4) is 0 Å². The number of aliphatic hydroxyl groups is 1. The fraction of sp³-hybridized carbons (Fsp3) is 0.588. The largest absolute Gasteiger partial charge is 0.393 e. The van der Waals surface area contributed by atoms with Crippen LogP contribution in [-0.4, -0.2) is 30.2 Å². The minimum atomic E-state index is -0.259. The fourth-order valence-electron chi connectivity index (χ4n) is 3.47. The van der Waals surface area contributed by atoms with Crippen molar-refractivity contribution >= 4 is 11.6 Å². The maximum absolute atomic E-state index is 12.4. The Kier molecular flexibility index (Phi) is 4.44. The lowest BCUT2D eigenvalue weighted by atomic mass is 9.86. The van der Waals surface area contributed by atoms with E-state index in [2.05, 4.69) is 10.6 Å². The van der Waals surface area contributed by atoms with Gasteiger partial charge in [0, 0.05) is 30.3 Å². The van der Waals surface area contributed by atoms with Crippen LogP contribution in [0.15, 0.2) is 18.2 Å². The topological polar surface area (TPSA) is 61.4 Å². The Labute approximate surface area is 125 Å². The summed E-state index contributed by atoms with van der Waals surface area (Å²) < 4.78 is 0. The van der Waals surface area contributed by atoms with E-state index in [1.54, 1.807) is 0 Å². The number of anilines is 1. The second-order valence-corrected chi connectivity index (χ2v) is 6.18. The zero-order valence-electron chi connectivity index (χ0n) is 12.4. The summed E-state index contributed by atoms with van der Waals surface area (Å²) in [5.41, 5.74) is 3.00. The summed E-state index contributed by atoms with van der Waals surface area (Å²) in [7, 11) is 0. The second kappa shape index (κ2) is 6.48. The van der Waals surface area contributed by atoms with Crippen LogP contribution in [0.5, 0.6) is 0 Å². The number of nitrogens with one attached hydrogen (secondary N) is 2. The van der Waals surface area contributed by atoms with Crippen LogP contribution in [0.2, 0.25) is 0 Å². The Bertz CT molecular complexity index is 516.